The van der Waals surface area contributed by atoms with Gasteiger partial charge in [0.05, 0.1) is 0 Å². The molecule has 0 amide bonds. The third kappa shape index (κ3) is 2.60. The lowest BCUT2D eigenvalue weighted by Gasteiger charge is -2.15. The average Bonchev–Trinajstić information content (AvgIpc) is 2.19. The van der Waals surface area contributed by atoms with E-state index >= 15 is 0 Å². The summed E-state index contributed by atoms with van der Waals surface area (Å²) in [6, 6.07) is 8.25. The number of nitrogens with zero attached hydrogens (tertiary/aromatic N) is 1. The summed E-state index contributed by atoms with van der Waals surface area (Å²) in [5, 5.41) is 6.48. The van der Waals surface area contributed by atoms with Crippen LogP contribution >= 0.6 is 22.6 Å². The van der Waals surface area contributed by atoms with E-state index in [4.69, 9.17) is 0 Å². The van der Waals surface area contributed by atoms with Crippen molar-refractivity contribution in [3.05, 3.63) is 27.8 Å². The van der Waals surface area contributed by atoms with Crippen LogP contribution < -0.4 is 10.6 Å². The second kappa shape index (κ2) is 4.63. The van der Waals surface area contributed by atoms with Crippen molar-refractivity contribution in [3.63, 3.8) is 0 Å². The Morgan fingerprint density at radius 3 is 3.07 bits per heavy atom. The lowest BCUT2D eigenvalue weighted by atomic mass is 10.3. The van der Waals surface area contributed by atoms with Gasteiger partial charge in [0.2, 0.25) is 0 Å². The number of benzene rings is 1. The molecule has 0 radical (unpaired) electrons. The highest BCUT2D eigenvalue weighted by Crippen LogP contribution is 2.12. The molecular formula is C10H12IN3. The van der Waals surface area contributed by atoms with E-state index < -0.39 is 0 Å². The van der Waals surface area contributed by atoms with Crippen LogP contribution in [0.2, 0.25) is 0 Å². The highest BCUT2D eigenvalue weighted by Gasteiger charge is 2.03. The normalized spacial score (nSPS) is 15.6. The Bertz CT molecular complexity index is 349. The minimum Gasteiger partial charge on any atom is -0.356 e. The molecule has 3 nitrogen and oxygen atoms in total. The van der Waals surface area contributed by atoms with Gasteiger partial charge >= 0.3 is 0 Å². The molecule has 0 fully saturated rings. The molecule has 0 unspecified atom stereocenters. The Hall–Kier alpha value is -0.780. The van der Waals surface area contributed by atoms with Crippen LogP contribution in [0.25, 0.3) is 0 Å². The molecule has 4 heteroatoms. The first-order valence-electron chi connectivity index (χ1n) is 4.65. The highest BCUT2D eigenvalue weighted by atomic mass is 127. The van der Waals surface area contributed by atoms with Gasteiger partial charge in [-0.3, -0.25) is 4.99 Å². The van der Waals surface area contributed by atoms with E-state index in [1.165, 1.54) is 3.57 Å². The maximum atomic E-state index is 4.35. The standard InChI is InChI=1S/C10H12IN3/c11-8-3-1-4-9(7-8)14-10-12-5-2-6-13-10/h1,3-4,7H,2,5-6H2,(H2,12,13,14). The van der Waals surface area contributed by atoms with Gasteiger partial charge in [0.1, 0.15) is 0 Å². The van der Waals surface area contributed by atoms with Gasteiger partial charge in [-0.05, 0) is 47.2 Å². The summed E-state index contributed by atoms with van der Waals surface area (Å²) in [6.07, 6.45) is 1.12. The van der Waals surface area contributed by atoms with E-state index in [-0.39, 0.29) is 0 Å². The van der Waals surface area contributed by atoms with Crippen molar-refractivity contribution in [2.24, 2.45) is 4.99 Å². The highest BCUT2D eigenvalue weighted by molar-refractivity contribution is 14.1. The van der Waals surface area contributed by atoms with Crippen molar-refractivity contribution in [1.82, 2.24) is 5.32 Å². The van der Waals surface area contributed by atoms with Crippen molar-refractivity contribution in [2.75, 3.05) is 18.4 Å². The molecule has 0 atom stereocenters. The Balaban J connectivity index is 2.06. The molecule has 0 aromatic heterocycles. The molecular weight excluding hydrogens is 289 g/mol. The van der Waals surface area contributed by atoms with Gasteiger partial charge in [-0.25, -0.2) is 0 Å². The molecule has 1 aromatic rings. The monoisotopic (exact) mass is 301 g/mol. The number of rotatable bonds is 1. The maximum Gasteiger partial charge on any atom is 0.195 e. The lowest BCUT2D eigenvalue weighted by molar-refractivity contribution is 0.740. The van der Waals surface area contributed by atoms with E-state index in [1.54, 1.807) is 0 Å². The van der Waals surface area contributed by atoms with Crippen LogP contribution in [-0.2, 0) is 0 Å². The number of hydrogen-bond donors (Lipinski definition) is 2. The zero-order chi connectivity index (χ0) is 9.80. The number of nitrogens with one attached hydrogen (secondary N) is 2. The number of aliphatic imine (C=N–C) groups is 1. The predicted octanol–water partition coefficient (Wildman–Crippen LogP) is 2.05. The van der Waals surface area contributed by atoms with Crippen molar-refractivity contribution in [1.29, 1.82) is 0 Å². The van der Waals surface area contributed by atoms with Gasteiger partial charge in [0.15, 0.2) is 5.96 Å². The first-order chi connectivity index (χ1) is 6.84. The third-order valence-electron chi connectivity index (χ3n) is 1.98. The van der Waals surface area contributed by atoms with Gasteiger partial charge in [-0.15, -0.1) is 0 Å². The van der Waals surface area contributed by atoms with E-state index in [2.05, 4.69) is 50.3 Å². The Morgan fingerprint density at radius 1 is 1.43 bits per heavy atom. The Morgan fingerprint density at radius 2 is 2.36 bits per heavy atom. The summed E-state index contributed by atoms with van der Waals surface area (Å²) in [4.78, 5) is 4.35. The van der Waals surface area contributed by atoms with Crippen molar-refractivity contribution in [2.45, 2.75) is 6.42 Å². The molecule has 0 bridgehead atoms. The van der Waals surface area contributed by atoms with Crippen molar-refractivity contribution < 1.29 is 0 Å². The fourth-order valence-corrected chi connectivity index (χ4v) is 1.86. The molecule has 2 N–H and O–H groups in total. The SMILES string of the molecule is Ic1cccc(NC2=NCCCN2)c1. The summed E-state index contributed by atoms with van der Waals surface area (Å²) in [6.45, 7) is 1.93. The first kappa shape index (κ1) is 9.76. The lowest BCUT2D eigenvalue weighted by Crippen LogP contribution is -2.35. The Kier molecular flexibility index (Phi) is 3.23. The van der Waals surface area contributed by atoms with Gasteiger partial charge in [-0.2, -0.15) is 0 Å². The first-order valence-corrected chi connectivity index (χ1v) is 5.73. The van der Waals surface area contributed by atoms with Crippen LogP contribution in [0.1, 0.15) is 6.42 Å². The van der Waals surface area contributed by atoms with Crippen LogP contribution in [0.3, 0.4) is 0 Å². The van der Waals surface area contributed by atoms with E-state index in [0.717, 1.165) is 31.2 Å². The van der Waals surface area contributed by atoms with E-state index in [0.29, 0.717) is 0 Å². The number of anilines is 1. The second-order valence-electron chi connectivity index (χ2n) is 3.15. The zero-order valence-corrected chi connectivity index (χ0v) is 9.91. The van der Waals surface area contributed by atoms with Gasteiger partial charge in [-0.1, -0.05) is 6.07 Å². The van der Waals surface area contributed by atoms with Crippen LogP contribution in [-0.4, -0.2) is 19.0 Å². The number of halogens is 1. The van der Waals surface area contributed by atoms with Gasteiger partial charge < -0.3 is 10.6 Å². The van der Waals surface area contributed by atoms with E-state index in [9.17, 15) is 0 Å². The molecule has 1 aromatic carbocycles. The summed E-state index contributed by atoms with van der Waals surface area (Å²) < 4.78 is 1.23. The molecule has 0 saturated heterocycles. The molecule has 1 heterocycles. The molecule has 1 aliphatic rings. The molecule has 14 heavy (non-hydrogen) atoms. The van der Waals surface area contributed by atoms with Crippen molar-refractivity contribution in [3.8, 4) is 0 Å². The average molecular weight is 301 g/mol. The van der Waals surface area contributed by atoms with Crippen LogP contribution in [0.15, 0.2) is 29.3 Å². The molecule has 0 spiro atoms. The van der Waals surface area contributed by atoms with Crippen molar-refractivity contribution >= 4 is 34.2 Å². The fraction of sp³-hybridized carbons (Fsp3) is 0.300. The third-order valence-corrected chi connectivity index (χ3v) is 2.66. The van der Waals surface area contributed by atoms with Crippen LogP contribution in [0.5, 0.6) is 0 Å². The van der Waals surface area contributed by atoms with Crippen LogP contribution in [0.4, 0.5) is 5.69 Å². The predicted molar refractivity (Wildman–Crippen MR) is 67.7 cm³/mol. The Labute approximate surface area is 97.1 Å². The minimum absolute atomic E-state index is 0.887. The molecule has 74 valence electrons. The number of hydrogen-bond acceptors (Lipinski definition) is 3. The minimum atomic E-state index is 0.887. The molecule has 2 rings (SSSR count). The topological polar surface area (TPSA) is 36.4 Å². The summed E-state index contributed by atoms with van der Waals surface area (Å²) in [5.74, 6) is 0.887. The quantitative estimate of drug-likeness (QED) is 0.779. The maximum absolute atomic E-state index is 4.35. The molecule has 1 aliphatic heterocycles. The largest absolute Gasteiger partial charge is 0.356 e. The fourth-order valence-electron chi connectivity index (χ4n) is 1.32. The number of guanidine groups is 1. The van der Waals surface area contributed by atoms with Crippen LogP contribution in [0, 0.1) is 3.57 Å². The smallest absolute Gasteiger partial charge is 0.195 e. The summed E-state index contributed by atoms with van der Waals surface area (Å²) >= 11 is 2.30. The van der Waals surface area contributed by atoms with Gasteiger partial charge in [0, 0.05) is 22.3 Å². The molecule has 0 saturated carbocycles. The summed E-state index contributed by atoms with van der Waals surface area (Å²) in [5.41, 5.74) is 1.09. The second-order valence-corrected chi connectivity index (χ2v) is 4.39. The van der Waals surface area contributed by atoms with E-state index in [1.807, 2.05) is 12.1 Å². The zero-order valence-electron chi connectivity index (χ0n) is 7.76. The summed E-state index contributed by atoms with van der Waals surface area (Å²) in [7, 11) is 0. The molecule has 0 aliphatic carbocycles. The van der Waals surface area contributed by atoms with Gasteiger partial charge in [0.25, 0.3) is 0 Å².